The van der Waals surface area contributed by atoms with Gasteiger partial charge in [0.15, 0.2) is 0 Å². The number of benzene rings is 1. The second-order valence-corrected chi connectivity index (χ2v) is 11.9. The minimum Gasteiger partial charge on any atom is -0.443 e. The third kappa shape index (κ3) is 5.34. The summed E-state index contributed by atoms with van der Waals surface area (Å²) in [6, 6.07) is 6.43. The van der Waals surface area contributed by atoms with Crippen molar-refractivity contribution in [2.24, 2.45) is 17.8 Å². The van der Waals surface area contributed by atoms with Gasteiger partial charge in [-0.1, -0.05) is 26.0 Å². The summed E-state index contributed by atoms with van der Waals surface area (Å²) in [4.78, 5) is 22.2. The Hall–Kier alpha value is -1.92. The second-order valence-electron chi connectivity index (χ2n) is 10.8. The van der Waals surface area contributed by atoms with Crippen molar-refractivity contribution in [2.45, 2.75) is 59.5 Å². The number of amides is 1. The van der Waals surface area contributed by atoms with Crippen molar-refractivity contribution in [2.75, 3.05) is 26.7 Å². The van der Waals surface area contributed by atoms with E-state index in [0.29, 0.717) is 24.3 Å². The Balaban J connectivity index is 1.56. The number of carbonyl (C=O) groups is 1. The molecule has 0 aliphatic carbocycles. The number of likely N-dealkylation sites (tertiary alicyclic amines) is 1. The summed E-state index contributed by atoms with van der Waals surface area (Å²) >= 11 is 1.82. The molecule has 32 heavy (non-hydrogen) atoms. The molecule has 0 saturated carbocycles. The van der Waals surface area contributed by atoms with Crippen LogP contribution in [0.1, 0.15) is 58.0 Å². The predicted molar refractivity (Wildman–Crippen MR) is 133 cm³/mol. The summed E-state index contributed by atoms with van der Waals surface area (Å²) in [6.07, 6.45) is 5.17. The third-order valence-corrected chi connectivity index (χ3v) is 7.62. The number of nitrogens with zero attached hydrogens (tertiary/aromatic N) is 3. The zero-order valence-electron chi connectivity index (χ0n) is 20.4. The van der Waals surface area contributed by atoms with Crippen molar-refractivity contribution in [1.82, 2.24) is 14.8 Å². The van der Waals surface area contributed by atoms with Crippen LogP contribution in [0, 0.1) is 17.8 Å². The zero-order chi connectivity index (χ0) is 23.0. The third-order valence-electron chi connectivity index (χ3n) is 6.56. The molecular formula is C26H37N3O2S. The van der Waals surface area contributed by atoms with Gasteiger partial charge in [-0.15, -0.1) is 11.3 Å². The molecule has 0 bridgehead atoms. The molecule has 2 unspecified atom stereocenters. The van der Waals surface area contributed by atoms with E-state index in [2.05, 4.69) is 50.1 Å². The van der Waals surface area contributed by atoms with Crippen LogP contribution in [-0.2, 0) is 11.2 Å². The van der Waals surface area contributed by atoms with Crippen LogP contribution in [0.15, 0.2) is 24.3 Å². The number of aromatic nitrogens is 1. The molecule has 0 radical (unpaired) electrons. The summed E-state index contributed by atoms with van der Waals surface area (Å²) in [5.74, 6) is 1.82. The lowest BCUT2D eigenvalue weighted by Gasteiger charge is -2.34. The van der Waals surface area contributed by atoms with Gasteiger partial charge in [0.25, 0.3) is 0 Å². The van der Waals surface area contributed by atoms with Crippen LogP contribution in [0.4, 0.5) is 4.79 Å². The van der Waals surface area contributed by atoms with Crippen molar-refractivity contribution >= 4 is 33.3 Å². The highest BCUT2D eigenvalue weighted by atomic mass is 32.1. The van der Waals surface area contributed by atoms with Crippen LogP contribution in [-0.4, -0.2) is 53.2 Å². The molecule has 5 nitrogen and oxygen atoms in total. The maximum Gasteiger partial charge on any atom is 0.414 e. The quantitative estimate of drug-likeness (QED) is 0.566. The van der Waals surface area contributed by atoms with Gasteiger partial charge >= 0.3 is 6.09 Å². The first-order valence-corrected chi connectivity index (χ1v) is 12.7. The highest BCUT2D eigenvalue weighted by molar-refractivity contribution is 7.18. The first-order chi connectivity index (χ1) is 15.1. The molecule has 0 spiro atoms. The Kier molecular flexibility index (Phi) is 6.64. The van der Waals surface area contributed by atoms with Crippen molar-refractivity contribution < 1.29 is 9.53 Å². The van der Waals surface area contributed by atoms with Crippen LogP contribution in [0.25, 0.3) is 15.9 Å². The molecular weight excluding hydrogens is 418 g/mol. The molecule has 6 heteroatoms. The van der Waals surface area contributed by atoms with Gasteiger partial charge in [-0.3, -0.25) is 4.90 Å². The van der Waals surface area contributed by atoms with Gasteiger partial charge in [-0.2, -0.15) is 0 Å². The maximum absolute atomic E-state index is 12.9. The fraction of sp³-hybridized carbons (Fsp3) is 0.615. The molecule has 174 valence electrons. The Bertz CT molecular complexity index is 1010. The van der Waals surface area contributed by atoms with E-state index in [1.165, 1.54) is 29.2 Å². The highest BCUT2D eigenvalue weighted by Gasteiger charge is 2.30. The first kappa shape index (κ1) is 23.2. The fourth-order valence-electron chi connectivity index (χ4n) is 4.82. The number of carbonyl (C=O) groups excluding carboxylic acids is 1. The minimum atomic E-state index is -0.512. The summed E-state index contributed by atoms with van der Waals surface area (Å²) in [6.45, 7) is 13.3. The zero-order valence-corrected chi connectivity index (χ0v) is 21.2. The number of hydrogen-bond donors (Lipinski definition) is 0. The maximum atomic E-state index is 12.9. The smallest absolute Gasteiger partial charge is 0.414 e. The van der Waals surface area contributed by atoms with Crippen LogP contribution < -0.4 is 0 Å². The molecule has 3 atom stereocenters. The lowest BCUT2D eigenvalue weighted by atomic mass is 9.85. The largest absolute Gasteiger partial charge is 0.443 e. The number of thiazole rings is 1. The van der Waals surface area contributed by atoms with E-state index in [4.69, 9.17) is 9.72 Å². The van der Waals surface area contributed by atoms with E-state index >= 15 is 0 Å². The molecule has 3 heterocycles. The van der Waals surface area contributed by atoms with E-state index in [9.17, 15) is 4.79 Å². The van der Waals surface area contributed by atoms with Gasteiger partial charge in [0, 0.05) is 25.1 Å². The number of hydrogen-bond acceptors (Lipinski definition) is 5. The number of allylic oxidation sites excluding steroid dienone is 1. The Morgan fingerprint density at radius 2 is 2.03 bits per heavy atom. The summed E-state index contributed by atoms with van der Waals surface area (Å²) in [5.41, 5.74) is 2.51. The van der Waals surface area contributed by atoms with Gasteiger partial charge < -0.3 is 9.64 Å². The topological polar surface area (TPSA) is 45.7 Å². The highest BCUT2D eigenvalue weighted by Crippen LogP contribution is 2.34. The number of rotatable bonds is 3. The van der Waals surface area contributed by atoms with E-state index in [1.807, 2.05) is 32.1 Å². The summed E-state index contributed by atoms with van der Waals surface area (Å²) < 4.78 is 6.92. The predicted octanol–water partition coefficient (Wildman–Crippen LogP) is 6.04. The van der Waals surface area contributed by atoms with Crippen molar-refractivity contribution in [3.63, 3.8) is 0 Å². The van der Waals surface area contributed by atoms with Crippen molar-refractivity contribution in [1.29, 1.82) is 0 Å². The average molecular weight is 456 g/mol. The van der Waals surface area contributed by atoms with E-state index in [-0.39, 0.29) is 6.09 Å². The molecule has 0 N–H and O–H groups in total. The standard InChI is InChI=1S/C26H37N3O2S/c1-17-7-9-22(29(15-17)25(30)31-26(3,4)5)20-8-10-23-21(13-20)27-24(32-23)14-19-11-12-28(6)16-18(19)2/h8-10,13,17-19H,7,11-12,14-16H2,1-6H3/t17-,18?,19?/m0/s1. The van der Waals surface area contributed by atoms with Gasteiger partial charge in [-0.05, 0) is 77.1 Å². The van der Waals surface area contributed by atoms with Gasteiger partial charge in [-0.25, -0.2) is 9.78 Å². The van der Waals surface area contributed by atoms with Gasteiger partial charge in [0.05, 0.1) is 20.9 Å². The Labute approximate surface area is 196 Å². The fourth-order valence-corrected chi connectivity index (χ4v) is 5.86. The van der Waals surface area contributed by atoms with Crippen molar-refractivity contribution in [3.8, 4) is 0 Å². The molecule has 1 fully saturated rings. The van der Waals surface area contributed by atoms with Crippen LogP contribution in [0.2, 0.25) is 0 Å². The van der Waals surface area contributed by atoms with E-state index < -0.39 is 5.60 Å². The van der Waals surface area contributed by atoms with Crippen molar-refractivity contribution in [3.05, 3.63) is 34.8 Å². The SMILES string of the molecule is CC1CN(C)CCC1Cc1nc2cc(C3=CC[C@H](C)CN3C(=O)OC(C)(C)C)ccc2s1. The molecule has 1 saturated heterocycles. The molecule has 1 amide bonds. The number of fused-ring (bicyclic) bond motifs is 1. The monoisotopic (exact) mass is 455 g/mol. The van der Waals surface area contributed by atoms with Gasteiger partial charge in [0.2, 0.25) is 0 Å². The normalized spacial score (nSPS) is 25.1. The molecule has 1 aromatic carbocycles. The summed E-state index contributed by atoms with van der Waals surface area (Å²) in [7, 11) is 2.22. The second kappa shape index (κ2) is 9.14. The molecule has 2 aliphatic heterocycles. The lowest BCUT2D eigenvalue weighted by molar-refractivity contribution is 0.0327. The van der Waals surface area contributed by atoms with E-state index in [1.54, 1.807) is 4.90 Å². The Morgan fingerprint density at radius 1 is 1.25 bits per heavy atom. The first-order valence-electron chi connectivity index (χ1n) is 11.9. The molecule has 4 rings (SSSR count). The molecule has 2 aliphatic rings. The average Bonchev–Trinajstić information content (AvgIpc) is 3.10. The lowest BCUT2D eigenvalue weighted by Crippen LogP contribution is -2.39. The number of ether oxygens (including phenoxy) is 1. The minimum absolute atomic E-state index is 0.273. The van der Waals surface area contributed by atoms with Crippen LogP contribution in [0.5, 0.6) is 0 Å². The van der Waals surface area contributed by atoms with Crippen LogP contribution in [0.3, 0.4) is 0 Å². The summed E-state index contributed by atoms with van der Waals surface area (Å²) in [5, 5.41) is 1.23. The molecule has 2 aromatic rings. The Morgan fingerprint density at radius 3 is 2.75 bits per heavy atom. The molecule has 1 aromatic heterocycles. The van der Waals surface area contributed by atoms with Gasteiger partial charge in [0.1, 0.15) is 5.60 Å². The van der Waals surface area contributed by atoms with E-state index in [0.717, 1.165) is 29.6 Å². The number of piperidine rings is 1. The van der Waals surface area contributed by atoms with Crippen LogP contribution >= 0.6 is 11.3 Å².